The molecule has 0 aromatic rings. The molecule has 0 bridgehead atoms. The number of hydrogen-bond donors (Lipinski definition) is 0. The van der Waals surface area contributed by atoms with Crippen molar-refractivity contribution in [3.05, 3.63) is 12.7 Å². The fourth-order valence-electron chi connectivity index (χ4n) is 1.99. The fourth-order valence-corrected chi connectivity index (χ4v) is 1.99. The zero-order valence-corrected chi connectivity index (χ0v) is 16.5. The van der Waals surface area contributed by atoms with Crippen LogP contribution < -0.4 is 0 Å². The summed E-state index contributed by atoms with van der Waals surface area (Å²) < 4.78 is 238. The van der Waals surface area contributed by atoms with Gasteiger partial charge < -0.3 is 9.47 Å². The fraction of sp³-hybridized carbons (Fsp3) is 0.800. The van der Waals surface area contributed by atoms with Gasteiger partial charge in [-0.05, 0) is 0 Å². The van der Waals surface area contributed by atoms with E-state index in [0.717, 1.165) is 0 Å². The molecule has 0 saturated carbocycles. The summed E-state index contributed by atoms with van der Waals surface area (Å²) in [5.74, 6) is -44.5. The predicted octanol–water partition coefficient (Wildman–Crippen LogP) is 6.43. The number of halogens is 18. The molecule has 1 atom stereocenters. The Kier molecular flexibility index (Phi) is 9.41. The SMILES string of the molecule is C=CC(=O)OC(COCC(F)(F)C(F)(F)C(F)(F)C(F)(F)F)CC(F)(F)C(F)(F)C(F)(F)C(F)(F)F. The Hall–Kier alpha value is -2.09. The average molecular weight is 580 g/mol. The van der Waals surface area contributed by atoms with E-state index in [9.17, 15) is 83.8 Å². The van der Waals surface area contributed by atoms with Crippen molar-refractivity contribution < 1.29 is 93.3 Å². The maximum absolute atomic E-state index is 13.7. The first-order valence-corrected chi connectivity index (χ1v) is 8.34. The van der Waals surface area contributed by atoms with Gasteiger partial charge in [-0.3, -0.25) is 0 Å². The second-order valence-corrected chi connectivity index (χ2v) is 6.68. The third-order valence-electron chi connectivity index (χ3n) is 3.94. The van der Waals surface area contributed by atoms with Crippen LogP contribution in [-0.2, 0) is 14.3 Å². The van der Waals surface area contributed by atoms with E-state index in [1.165, 1.54) is 0 Å². The standard InChI is InChI=1S/C15H10F18O3/c1-2-7(34)36-6(3-8(16,17)10(20,21)12(24,25)14(28,29)30)4-35-5-9(18,19)11(22,23)13(26,27)15(31,32)33/h2,6H,1,3-5H2. The van der Waals surface area contributed by atoms with Gasteiger partial charge in [-0.15, -0.1) is 0 Å². The zero-order valence-electron chi connectivity index (χ0n) is 16.5. The van der Waals surface area contributed by atoms with Crippen molar-refractivity contribution in [2.75, 3.05) is 13.2 Å². The van der Waals surface area contributed by atoms with Crippen molar-refractivity contribution in [1.82, 2.24) is 0 Å². The number of rotatable bonds is 12. The van der Waals surface area contributed by atoms with Crippen LogP contribution in [0.15, 0.2) is 12.7 Å². The van der Waals surface area contributed by atoms with Crippen molar-refractivity contribution in [2.24, 2.45) is 0 Å². The molecule has 214 valence electrons. The molecular weight excluding hydrogens is 570 g/mol. The van der Waals surface area contributed by atoms with Crippen LogP contribution in [0.3, 0.4) is 0 Å². The molecule has 0 aliphatic carbocycles. The summed E-state index contributed by atoms with van der Waals surface area (Å²) in [6.07, 6.45) is -20.9. The summed E-state index contributed by atoms with van der Waals surface area (Å²) in [7, 11) is 0. The lowest BCUT2D eigenvalue weighted by molar-refractivity contribution is -0.401. The number of alkyl halides is 18. The third-order valence-corrected chi connectivity index (χ3v) is 3.94. The molecule has 0 amide bonds. The van der Waals surface area contributed by atoms with Crippen LogP contribution in [0.1, 0.15) is 6.42 Å². The number of ether oxygens (including phenoxy) is 2. The molecule has 36 heavy (non-hydrogen) atoms. The Bertz CT molecular complexity index is 782. The van der Waals surface area contributed by atoms with Crippen LogP contribution >= 0.6 is 0 Å². The topological polar surface area (TPSA) is 35.5 Å². The summed E-state index contributed by atoms with van der Waals surface area (Å²) in [5.41, 5.74) is 0. The quantitative estimate of drug-likeness (QED) is 0.152. The van der Waals surface area contributed by atoms with E-state index in [-0.39, 0.29) is 6.08 Å². The summed E-state index contributed by atoms with van der Waals surface area (Å²) in [6.45, 7) is -2.92. The lowest BCUT2D eigenvalue weighted by atomic mass is 9.98. The van der Waals surface area contributed by atoms with Crippen LogP contribution in [0.2, 0.25) is 0 Å². The van der Waals surface area contributed by atoms with Crippen LogP contribution in [0, 0.1) is 0 Å². The monoisotopic (exact) mass is 580 g/mol. The second kappa shape index (κ2) is 9.99. The Morgan fingerprint density at radius 3 is 1.33 bits per heavy atom. The number of hydrogen-bond acceptors (Lipinski definition) is 3. The molecule has 0 rings (SSSR count). The van der Waals surface area contributed by atoms with Crippen molar-refractivity contribution in [3.8, 4) is 0 Å². The van der Waals surface area contributed by atoms with Gasteiger partial charge in [0.05, 0.1) is 13.0 Å². The van der Waals surface area contributed by atoms with E-state index in [4.69, 9.17) is 0 Å². The smallest absolute Gasteiger partial charge is 0.457 e. The van der Waals surface area contributed by atoms with Gasteiger partial charge in [-0.2, -0.15) is 79.0 Å². The molecule has 1 unspecified atom stereocenters. The van der Waals surface area contributed by atoms with Crippen LogP contribution in [0.25, 0.3) is 0 Å². The minimum atomic E-state index is -7.45. The van der Waals surface area contributed by atoms with Crippen molar-refractivity contribution in [1.29, 1.82) is 0 Å². The van der Waals surface area contributed by atoms with Gasteiger partial charge >= 0.3 is 53.9 Å². The number of esters is 1. The molecule has 0 aromatic heterocycles. The molecule has 0 heterocycles. The Labute approximate surface area is 187 Å². The average Bonchev–Trinajstić information content (AvgIpc) is 2.64. The molecule has 0 aromatic carbocycles. The summed E-state index contributed by atoms with van der Waals surface area (Å²) in [6, 6.07) is 0. The molecule has 21 heteroatoms. The first kappa shape index (κ1) is 33.9. The Balaban J connectivity index is 5.88. The zero-order chi connectivity index (χ0) is 29.4. The third kappa shape index (κ3) is 6.24. The summed E-state index contributed by atoms with van der Waals surface area (Å²) in [4.78, 5) is 11.0. The molecule has 0 saturated heterocycles. The molecular formula is C15H10F18O3. The normalized spacial score (nSPS) is 16.1. The van der Waals surface area contributed by atoms with Crippen LogP contribution in [0.4, 0.5) is 79.0 Å². The number of carbonyl (C=O) groups excluding carboxylic acids is 1. The highest BCUT2D eigenvalue weighted by Crippen LogP contribution is 2.55. The van der Waals surface area contributed by atoms with E-state index < -0.39 is 79.6 Å². The van der Waals surface area contributed by atoms with Crippen molar-refractivity contribution in [2.45, 2.75) is 60.4 Å². The van der Waals surface area contributed by atoms with Gasteiger partial charge in [0.2, 0.25) is 0 Å². The summed E-state index contributed by atoms with van der Waals surface area (Å²) in [5, 5.41) is 0. The van der Waals surface area contributed by atoms with Gasteiger partial charge in [0, 0.05) is 6.08 Å². The maximum atomic E-state index is 13.7. The first-order chi connectivity index (χ1) is 15.5. The van der Waals surface area contributed by atoms with E-state index in [1.54, 1.807) is 0 Å². The van der Waals surface area contributed by atoms with E-state index >= 15 is 0 Å². The lowest BCUT2D eigenvalue weighted by Gasteiger charge is -2.35. The van der Waals surface area contributed by atoms with E-state index in [2.05, 4.69) is 16.1 Å². The van der Waals surface area contributed by atoms with Gasteiger partial charge in [0.15, 0.2) is 0 Å². The van der Waals surface area contributed by atoms with Crippen LogP contribution in [-0.4, -0.2) is 73.2 Å². The molecule has 0 radical (unpaired) electrons. The minimum Gasteiger partial charge on any atom is -0.457 e. The van der Waals surface area contributed by atoms with Gasteiger partial charge in [0.25, 0.3) is 0 Å². The second-order valence-electron chi connectivity index (χ2n) is 6.68. The van der Waals surface area contributed by atoms with E-state index in [1.807, 2.05) is 0 Å². The predicted molar refractivity (Wildman–Crippen MR) is 77.3 cm³/mol. The van der Waals surface area contributed by atoms with Crippen molar-refractivity contribution >= 4 is 5.97 Å². The Morgan fingerprint density at radius 2 is 1.00 bits per heavy atom. The highest BCUT2D eigenvalue weighted by molar-refractivity contribution is 5.81. The highest BCUT2D eigenvalue weighted by atomic mass is 19.4. The minimum absolute atomic E-state index is 0.000241. The molecule has 0 N–H and O–H groups in total. The largest absolute Gasteiger partial charge is 0.460 e. The van der Waals surface area contributed by atoms with Crippen molar-refractivity contribution in [3.63, 3.8) is 0 Å². The lowest BCUT2D eigenvalue weighted by Crippen LogP contribution is -2.62. The number of carbonyl (C=O) groups is 1. The first-order valence-electron chi connectivity index (χ1n) is 8.34. The summed E-state index contributed by atoms with van der Waals surface area (Å²) >= 11 is 0. The molecule has 3 nitrogen and oxygen atoms in total. The molecule has 0 aliphatic heterocycles. The molecule has 0 spiro atoms. The Morgan fingerprint density at radius 1 is 0.639 bits per heavy atom. The van der Waals surface area contributed by atoms with Crippen LogP contribution in [0.5, 0.6) is 0 Å². The maximum Gasteiger partial charge on any atom is 0.460 e. The molecule has 0 aliphatic rings. The highest BCUT2D eigenvalue weighted by Gasteiger charge is 2.82. The molecule has 0 fully saturated rings. The van der Waals surface area contributed by atoms with Gasteiger partial charge in [0.1, 0.15) is 12.7 Å². The van der Waals surface area contributed by atoms with Gasteiger partial charge in [-0.25, -0.2) is 4.79 Å². The van der Waals surface area contributed by atoms with E-state index in [0.29, 0.717) is 0 Å². The van der Waals surface area contributed by atoms with Gasteiger partial charge in [-0.1, -0.05) is 6.58 Å².